The normalized spacial score (nSPS) is 12.4. The number of benzene rings is 1. The molecule has 3 aromatic heterocycles. The van der Waals surface area contributed by atoms with Crippen LogP contribution in [0.1, 0.15) is 43.9 Å². The first-order valence-electron chi connectivity index (χ1n) is 10.1. The van der Waals surface area contributed by atoms with Gasteiger partial charge in [0.15, 0.2) is 5.65 Å². The molecule has 0 aliphatic rings. The molecule has 0 saturated carbocycles. The molecule has 4 rings (SSSR count). The number of para-hydroxylation sites is 1. The second-order valence-corrected chi connectivity index (χ2v) is 7.54. The zero-order valence-corrected chi connectivity index (χ0v) is 17.4. The minimum absolute atomic E-state index is 0.0134. The lowest BCUT2D eigenvalue weighted by molar-refractivity contribution is 0.750. The highest BCUT2D eigenvalue weighted by Crippen LogP contribution is 2.32. The van der Waals surface area contributed by atoms with E-state index >= 15 is 0 Å². The molecule has 29 heavy (non-hydrogen) atoms. The SMILES string of the molecule is CCCCN(C)c1nc2c(C)cccc2cc1C(C)Nc1ncnc2[nH]ncc12. The Morgan fingerprint density at radius 3 is 2.93 bits per heavy atom. The topological polar surface area (TPSA) is 82.6 Å². The molecule has 4 aromatic rings. The summed E-state index contributed by atoms with van der Waals surface area (Å²) in [6.07, 6.45) is 5.58. The number of unbranched alkanes of at least 4 members (excludes halogenated alkanes) is 1. The summed E-state index contributed by atoms with van der Waals surface area (Å²) in [4.78, 5) is 16.0. The van der Waals surface area contributed by atoms with Crippen molar-refractivity contribution in [3.8, 4) is 0 Å². The molecule has 3 heterocycles. The molecule has 7 nitrogen and oxygen atoms in total. The molecule has 0 aliphatic carbocycles. The van der Waals surface area contributed by atoms with Crippen molar-refractivity contribution in [3.05, 3.63) is 47.9 Å². The third kappa shape index (κ3) is 3.72. The van der Waals surface area contributed by atoms with Crippen LogP contribution in [0.2, 0.25) is 0 Å². The van der Waals surface area contributed by atoms with Crippen molar-refractivity contribution in [2.24, 2.45) is 0 Å². The lowest BCUT2D eigenvalue weighted by Crippen LogP contribution is -2.23. The van der Waals surface area contributed by atoms with Crippen molar-refractivity contribution < 1.29 is 0 Å². The number of aryl methyl sites for hydroxylation is 1. The number of anilines is 2. The molecule has 1 atom stereocenters. The van der Waals surface area contributed by atoms with Crippen LogP contribution in [0.5, 0.6) is 0 Å². The fraction of sp³-hybridized carbons (Fsp3) is 0.364. The number of nitrogens with one attached hydrogen (secondary N) is 2. The van der Waals surface area contributed by atoms with Crippen LogP contribution >= 0.6 is 0 Å². The first kappa shape index (κ1) is 19.1. The van der Waals surface area contributed by atoms with Crippen LogP contribution in [0.4, 0.5) is 11.6 Å². The van der Waals surface area contributed by atoms with Gasteiger partial charge in [-0.15, -0.1) is 0 Å². The van der Waals surface area contributed by atoms with Gasteiger partial charge in [0.2, 0.25) is 0 Å². The Labute approximate surface area is 170 Å². The number of hydrogen-bond donors (Lipinski definition) is 2. The molecule has 7 heteroatoms. The molecular formula is C22H27N7. The number of rotatable bonds is 7. The Balaban J connectivity index is 1.76. The summed E-state index contributed by atoms with van der Waals surface area (Å²) in [6, 6.07) is 8.59. The maximum absolute atomic E-state index is 5.08. The molecule has 0 amide bonds. The van der Waals surface area contributed by atoms with E-state index in [0.29, 0.717) is 0 Å². The summed E-state index contributed by atoms with van der Waals surface area (Å²) in [5, 5.41) is 12.5. The molecule has 0 bridgehead atoms. The average Bonchev–Trinajstić information content (AvgIpc) is 3.21. The van der Waals surface area contributed by atoms with E-state index < -0.39 is 0 Å². The standard InChI is InChI=1S/C22H27N7/c1-5-6-10-29(4)22-17(11-16-9-7-8-14(2)19(16)27-22)15(3)26-20-18-12-25-28-21(18)24-13-23-20/h7-9,11-13,15H,5-6,10H2,1-4H3,(H2,23,24,25,26,28). The van der Waals surface area contributed by atoms with Crippen LogP contribution in [-0.2, 0) is 0 Å². The summed E-state index contributed by atoms with van der Waals surface area (Å²) < 4.78 is 0. The van der Waals surface area contributed by atoms with E-state index in [2.05, 4.69) is 82.5 Å². The maximum Gasteiger partial charge on any atom is 0.160 e. The highest BCUT2D eigenvalue weighted by atomic mass is 15.2. The molecule has 150 valence electrons. The third-order valence-electron chi connectivity index (χ3n) is 5.33. The number of aromatic nitrogens is 5. The Kier molecular flexibility index (Phi) is 5.29. The summed E-state index contributed by atoms with van der Waals surface area (Å²) in [5.74, 6) is 1.78. The van der Waals surface area contributed by atoms with E-state index in [1.54, 1.807) is 12.5 Å². The number of fused-ring (bicyclic) bond motifs is 2. The molecule has 0 saturated heterocycles. The van der Waals surface area contributed by atoms with E-state index in [0.717, 1.165) is 58.5 Å². The number of aromatic amines is 1. The van der Waals surface area contributed by atoms with E-state index in [4.69, 9.17) is 4.98 Å². The predicted octanol–water partition coefficient (Wildman–Crippen LogP) is 4.62. The number of H-pyrrole nitrogens is 1. The summed E-state index contributed by atoms with van der Waals surface area (Å²) in [5.41, 5.74) is 4.12. The summed E-state index contributed by atoms with van der Waals surface area (Å²) >= 11 is 0. The van der Waals surface area contributed by atoms with Crippen LogP contribution in [0.15, 0.2) is 36.8 Å². The van der Waals surface area contributed by atoms with Crippen LogP contribution in [-0.4, -0.2) is 38.7 Å². The minimum atomic E-state index is 0.0134. The zero-order chi connectivity index (χ0) is 20.4. The molecule has 0 fully saturated rings. The number of pyridine rings is 1. The first-order chi connectivity index (χ1) is 14.1. The van der Waals surface area contributed by atoms with Gasteiger partial charge in [-0.25, -0.2) is 15.0 Å². The maximum atomic E-state index is 5.08. The Hall–Kier alpha value is -3.22. The highest BCUT2D eigenvalue weighted by Gasteiger charge is 2.19. The van der Waals surface area contributed by atoms with Crippen molar-refractivity contribution >= 4 is 33.6 Å². The lowest BCUT2D eigenvalue weighted by Gasteiger charge is -2.25. The summed E-state index contributed by atoms with van der Waals surface area (Å²) in [6.45, 7) is 7.44. The molecule has 0 spiro atoms. The first-order valence-corrected chi connectivity index (χ1v) is 10.1. The van der Waals surface area contributed by atoms with Gasteiger partial charge in [-0.2, -0.15) is 5.10 Å². The Bertz CT molecular complexity index is 1130. The van der Waals surface area contributed by atoms with E-state index in [-0.39, 0.29) is 6.04 Å². The van der Waals surface area contributed by atoms with Gasteiger partial charge in [0, 0.05) is 24.5 Å². The van der Waals surface area contributed by atoms with Crippen molar-refractivity contribution in [3.63, 3.8) is 0 Å². The number of hydrogen-bond acceptors (Lipinski definition) is 6. The van der Waals surface area contributed by atoms with Crippen LogP contribution in [0.25, 0.3) is 21.9 Å². The van der Waals surface area contributed by atoms with Gasteiger partial charge in [-0.3, -0.25) is 5.10 Å². The lowest BCUT2D eigenvalue weighted by atomic mass is 10.0. The van der Waals surface area contributed by atoms with E-state index in [1.807, 2.05) is 0 Å². The summed E-state index contributed by atoms with van der Waals surface area (Å²) in [7, 11) is 2.12. The monoisotopic (exact) mass is 389 g/mol. The van der Waals surface area contributed by atoms with Gasteiger partial charge in [0.1, 0.15) is 18.0 Å². The number of nitrogens with zero attached hydrogens (tertiary/aromatic N) is 5. The van der Waals surface area contributed by atoms with Crippen LogP contribution in [0, 0.1) is 6.92 Å². The zero-order valence-electron chi connectivity index (χ0n) is 17.4. The average molecular weight is 390 g/mol. The Morgan fingerprint density at radius 2 is 2.10 bits per heavy atom. The van der Waals surface area contributed by atoms with Gasteiger partial charge in [0.05, 0.1) is 23.1 Å². The largest absolute Gasteiger partial charge is 0.363 e. The molecule has 0 aliphatic heterocycles. The second kappa shape index (κ2) is 8.03. The van der Waals surface area contributed by atoms with Gasteiger partial charge in [0.25, 0.3) is 0 Å². The van der Waals surface area contributed by atoms with Crippen molar-refractivity contribution in [2.75, 3.05) is 23.8 Å². The van der Waals surface area contributed by atoms with Gasteiger partial charge in [-0.05, 0) is 31.9 Å². The van der Waals surface area contributed by atoms with Crippen molar-refractivity contribution in [2.45, 2.75) is 39.7 Å². The fourth-order valence-electron chi connectivity index (χ4n) is 3.64. The van der Waals surface area contributed by atoms with Gasteiger partial charge < -0.3 is 10.2 Å². The van der Waals surface area contributed by atoms with Crippen LogP contribution < -0.4 is 10.2 Å². The molecule has 2 N–H and O–H groups in total. The van der Waals surface area contributed by atoms with E-state index in [9.17, 15) is 0 Å². The fourth-order valence-corrected chi connectivity index (χ4v) is 3.64. The van der Waals surface area contributed by atoms with Crippen LogP contribution in [0.3, 0.4) is 0 Å². The molecule has 1 aromatic carbocycles. The quantitative estimate of drug-likeness (QED) is 0.480. The third-order valence-corrected chi connectivity index (χ3v) is 5.33. The van der Waals surface area contributed by atoms with Crippen molar-refractivity contribution in [1.82, 2.24) is 25.1 Å². The molecule has 1 unspecified atom stereocenters. The Morgan fingerprint density at radius 1 is 1.24 bits per heavy atom. The minimum Gasteiger partial charge on any atom is -0.363 e. The molecular weight excluding hydrogens is 362 g/mol. The smallest absolute Gasteiger partial charge is 0.160 e. The van der Waals surface area contributed by atoms with Gasteiger partial charge >= 0.3 is 0 Å². The van der Waals surface area contributed by atoms with E-state index in [1.165, 1.54) is 5.56 Å². The second-order valence-electron chi connectivity index (χ2n) is 7.54. The molecule has 0 radical (unpaired) electrons. The van der Waals surface area contributed by atoms with Crippen molar-refractivity contribution in [1.29, 1.82) is 0 Å². The van der Waals surface area contributed by atoms with Gasteiger partial charge in [-0.1, -0.05) is 31.5 Å². The highest BCUT2D eigenvalue weighted by molar-refractivity contribution is 5.87. The predicted molar refractivity (Wildman–Crippen MR) is 118 cm³/mol.